The molecule has 26 heavy (non-hydrogen) atoms. The molecule has 0 unspecified atom stereocenters. The fourth-order valence-electron chi connectivity index (χ4n) is 2.55. The van der Waals surface area contributed by atoms with Crippen LogP contribution in [0.25, 0.3) is 0 Å². The molecule has 3 rings (SSSR count). The molecule has 0 radical (unpaired) electrons. The van der Waals surface area contributed by atoms with E-state index in [1.165, 1.54) is 20.3 Å². The van der Waals surface area contributed by atoms with Crippen molar-refractivity contribution in [2.75, 3.05) is 24.9 Å². The first-order valence-electron chi connectivity index (χ1n) is 7.79. The van der Waals surface area contributed by atoms with E-state index in [9.17, 15) is 9.59 Å². The zero-order valence-corrected chi connectivity index (χ0v) is 14.9. The van der Waals surface area contributed by atoms with E-state index in [0.29, 0.717) is 33.6 Å². The molecular formula is C18H17ClN2O5. The molecule has 0 aromatic heterocycles. The number of para-hydroxylation sites is 2. The van der Waals surface area contributed by atoms with Crippen LogP contribution in [0.5, 0.6) is 17.2 Å². The van der Waals surface area contributed by atoms with Gasteiger partial charge in [0.2, 0.25) is 5.91 Å². The molecule has 0 aliphatic carbocycles. The number of fused-ring (bicyclic) bond motifs is 1. The van der Waals surface area contributed by atoms with Crippen LogP contribution in [0, 0.1) is 0 Å². The van der Waals surface area contributed by atoms with Crippen LogP contribution in [0.4, 0.5) is 11.4 Å². The van der Waals surface area contributed by atoms with E-state index >= 15 is 0 Å². The van der Waals surface area contributed by atoms with Crippen molar-refractivity contribution in [3.63, 3.8) is 0 Å². The van der Waals surface area contributed by atoms with Crippen LogP contribution < -0.4 is 24.8 Å². The Hall–Kier alpha value is -2.93. The second-order valence-electron chi connectivity index (χ2n) is 5.53. The second-order valence-corrected chi connectivity index (χ2v) is 5.94. The molecule has 0 saturated heterocycles. The first kappa shape index (κ1) is 17.9. The highest BCUT2D eigenvalue weighted by atomic mass is 35.5. The SMILES string of the molecule is COc1cc(OC)c(NC(=O)C[C@H]2Oc3ccccc3NC2=O)cc1Cl. The van der Waals surface area contributed by atoms with E-state index in [1.807, 2.05) is 0 Å². The molecule has 0 bridgehead atoms. The van der Waals surface area contributed by atoms with Crippen molar-refractivity contribution in [1.82, 2.24) is 0 Å². The van der Waals surface area contributed by atoms with Crippen LogP contribution in [0.1, 0.15) is 6.42 Å². The van der Waals surface area contributed by atoms with Gasteiger partial charge >= 0.3 is 0 Å². The van der Waals surface area contributed by atoms with Crippen LogP contribution in [-0.4, -0.2) is 32.1 Å². The molecule has 0 saturated carbocycles. The van der Waals surface area contributed by atoms with Crippen molar-refractivity contribution < 1.29 is 23.8 Å². The minimum atomic E-state index is -0.926. The fraction of sp³-hybridized carbons (Fsp3) is 0.222. The van der Waals surface area contributed by atoms with Gasteiger partial charge in [0.25, 0.3) is 5.91 Å². The Morgan fingerprint density at radius 3 is 2.69 bits per heavy atom. The van der Waals surface area contributed by atoms with Gasteiger partial charge in [-0.05, 0) is 18.2 Å². The maximum atomic E-state index is 12.4. The highest BCUT2D eigenvalue weighted by molar-refractivity contribution is 6.32. The zero-order chi connectivity index (χ0) is 18.7. The van der Waals surface area contributed by atoms with Crippen LogP contribution in [0.2, 0.25) is 5.02 Å². The Labute approximate surface area is 155 Å². The summed E-state index contributed by atoms with van der Waals surface area (Å²) in [5, 5.41) is 5.72. The summed E-state index contributed by atoms with van der Waals surface area (Å²) in [6.45, 7) is 0. The third-order valence-corrected chi connectivity index (χ3v) is 4.12. The highest BCUT2D eigenvalue weighted by Crippen LogP contribution is 2.36. The summed E-state index contributed by atoms with van der Waals surface area (Å²) in [6.07, 6.45) is -1.09. The largest absolute Gasteiger partial charge is 0.495 e. The monoisotopic (exact) mass is 376 g/mol. The summed E-state index contributed by atoms with van der Waals surface area (Å²) in [6, 6.07) is 10.1. The standard InChI is InChI=1S/C18H17ClN2O5/c1-24-14-8-15(25-2)12(7-10(14)19)20-17(22)9-16-18(23)21-11-5-3-4-6-13(11)26-16/h3-8,16H,9H2,1-2H3,(H,20,22)(H,21,23)/t16-/m1/s1. The third kappa shape index (κ3) is 3.67. The number of carbonyl (C=O) groups excluding carboxylic acids is 2. The Morgan fingerprint density at radius 2 is 1.96 bits per heavy atom. The Kier molecular flexibility index (Phi) is 5.18. The number of benzene rings is 2. The zero-order valence-electron chi connectivity index (χ0n) is 14.2. The number of ether oxygens (including phenoxy) is 3. The number of anilines is 2. The molecule has 2 aromatic carbocycles. The number of methoxy groups -OCH3 is 2. The minimum Gasteiger partial charge on any atom is -0.495 e. The molecule has 1 aliphatic rings. The van der Waals surface area contributed by atoms with Gasteiger partial charge in [-0.2, -0.15) is 0 Å². The number of hydrogen-bond donors (Lipinski definition) is 2. The summed E-state index contributed by atoms with van der Waals surface area (Å²) in [4.78, 5) is 24.5. The first-order valence-corrected chi connectivity index (χ1v) is 8.17. The number of amides is 2. The molecule has 0 fully saturated rings. The van der Waals surface area contributed by atoms with Crippen molar-refractivity contribution in [2.45, 2.75) is 12.5 Å². The lowest BCUT2D eigenvalue weighted by molar-refractivity contribution is -0.128. The fourth-order valence-corrected chi connectivity index (χ4v) is 2.80. The van der Waals surface area contributed by atoms with Crippen molar-refractivity contribution in [1.29, 1.82) is 0 Å². The lowest BCUT2D eigenvalue weighted by Gasteiger charge is -2.25. The molecule has 1 aliphatic heterocycles. The molecule has 7 nitrogen and oxygen atoms in total. The maximum Gasteiger partial charge on any atom is 0.266 e. The van der Waals surface area contributed by atoms with Gasteiger partial charge in [0.15, 0.2) is 6.10 Å². The molecule has 1 atom stereocenters. The van der Waals surface area contributed by atoms with Gasteiger partial charge in [0.1, 0.15) is 17.2 Å². The Morgan fingerprint density at radius 1 is 1.23 bits per heavy atom. The summed E-state index contributed by atoms with van der Waals surface area (Å²) in [5.41, 5.74) is 0.956. The molecule has 2 N–H and O–H groups in total. The van der Waals surface area contributed by atoms with Crippen molar-refractivity contribution in [2.24, 2.45) is 0 Å². The summed E-state index contributed by atoms with van der Waals surface area (Å²) >= 11 is 6.09. The number of hydrogen-bond acceptors (Lipinski definition) is 5. The van der Waals surface area contributed by atoms with Crippen molar-refractivity contribution in [3.8, 4) is 17.2 Å². The smallest absolute Gasteiger partial charge is 0.266 e. The summed E-state index contributed by atoms with van der Waals surface area (Å²) < 4.78 is 16.0. The van der Waals surface area contributed by atoms with E-state index in [2.05, 4.69) is 10.6 Å². The van der Waals surface area contributed by atoms with E-state index in [4.69, 9.17) is 25.8 Å². The predicted octanol–water partition coefficient (Wildman–Crippen LogP) is 3.09. The topological polar surface area (TPSA) is 85.9 Å². The van der Waals surface area contributed by atoms with Crippen molar-refractivity contribution in [3.05, 3.63) is 41.4 Å². The molecule has 2 aromatic rings. The third-order valence-electron chi connectivity index (χ3n) is 3.83. The van der Waals surface area contributed by atoms with Crippen molar-refractivity contribution >= 4 is 34.8 Å². The van der Waals surface area contributed by atoms with E-state index in [1.54, 1.807) is 30.3 Å². The second kappa shape index (κ2) is 7.53. The molecule has 1 heterocycles. The summed E-state index contributed by atoms with van der Waals surface area (Å²) in [5.74, 6) is 0.546. The van der Waals surface area contributed by atoms with Gasteiger partial charge in [-0.15, -0.1) is 0 Å². The molecule has 2 amide bonds. The predicted molar refractivity (Wildman–Crippen MR) is 97.3 cm³/mol. The normalized spacial score (nSPS) is 15.3. The average Bonchev–Trinajstić information content (AvgIpc) is 2.62. The van der Waals surface area contributed by atoms with E-state index in [-0.39, 0.29) is 12.3 Å². The van der Waals surface area contributed by atoms with E-state index < -0.39 is 12.0 Å². The lowest BCUT2D eigenvalue weighted by atomic mass is 10.1. The molecule has 136 valence electrons. The lowest BCUT2D eigenvalue weighted by Crippen LogP contribution is -2.39. The molecule has 0 spiro atoms. The maximum absolute atomic E-state index is 12.4. The van der Waals surface area contributed by atoms with Crippen LogP contribution in [-0.2, 0) is 9.59 Å². The minimum absolute atomic E-state index is 0.160. The average molecular weight is 377 g/mol. The number of halogens is 1. The van der Waals surface area contributed by atoms with Gasteiger partial charge in [-0.25, -0.2) is 0 Å². The Balaban J connectivity index is 1.72. The summed E-state index contributed by atoms with van der Waals surface area (Å²) in [7, 11) is 2.95. The highest BCUT2D eigenvalue weighted by Gasteiger charge is 2.29. The van der Waals surface area contributed by atoms with Gasteiger partial charge in [0, 0.05) is 6.07 Å². The van der Waals surface area contributed by atoms with Crippen LogP contribution in [0.15, 0.2) is 36.4 Å². The number of rotatable bonds is 5. The molecule has 8 heteroatoms. The van der Waals surface area contributed by atoms with Crippen LogP contribution >= 0.6 is 11.6 Å². The Bertz CT molecular complexity index is 855. The van der Waals surface area contributed by atoms with Gasteiger partial charge < -0.3 is 24.8 Å². The quantitative estimate of drug-likeness (QED) is 0.837. The van der Waals surface area contributed by atoms with Gasteiger partial charge in [-0.3, -0.25) is 9.59 Å². The first-order chi connectivity index (χ1) is 12.5. The number of carbonyl (C=O) groups is 2. The molecular weight excluding hydrogens is 360 g/mol. The van der Waals surface area contributed by atoms with Crippen LogP contribution in [0.3, 0.4) is 0 Å². The van der Waals surface area contributed by atoms with Gasteiger partial charge in [-0.1, -0.05) is 23.7 Å². The number of nitrogens with one attached hydrogen (secondary N) is 2. The van der Waals surface area contributed by atoms with Gasteiger partial charge in [0.05, 0.1) is 37.0 Å². The van der Waals surface area contributed by atoms with E-state index in [0.717, 1.165) is 0 Å².